The average molecular weight is 427 g/mol. The van der Waals surface area contributed by atoms with Gasteiger partial charge in [0.2, 0.25) is 11.9 Å². The zero-order chi connectivity index (χ0) is 21.3. The molecule has 3 aromatic rings. The summed E-state index contributed by atoms with van der Waals surface area (Å²) in [5.41, 5.74) is 7.44. The van der Waals surface area contributed by atoms with E-state index in [1.807, 2.05) is 26.0 Å². The molecule has 1 fully saturated rings. The molecular weight excluding hydrogens is 400 g/mol. The smallest absolute Gasteiger partial charge is 0.246 e. The van der Waals surface area contributed by atoms with Gasteiger partial charge in [0.1, 0.15) is 16.9 Å². The maximum absolute atomic E-state index is 11.4. The summed E-state index contributed by atoms with van der Waals surface area (Å²) in [4.78, 5) is 21.2. The highest BCUT2D eigenvalue weighted by atomic mass is 32.1. The number of nitrogens with two attached hydrogens (primary N) is 1. The molecule has 1 amide bonds. The SMILES string of the molecule is CCn1cnc(Nc2cc(C)cc(-c3cnc([C@]4(O)CC[C@@H](C(N)=O)CC4)s3)c2)n1. The Bertz CT molecular complexity index is 1050. The van der Waals surface area contributed by atoms with Crippen LogP contribution in [0.3, 0.4) is 0 Å². The fraction of sp³-hybridized carbons (Fsp3) is 0.429. The Balaban J connectivity index is 1.54. The van der Waals surface area contributed by atoms with E-state index >= 15 is 0 Å². The number of amides is 1. The molecule has 8 nitrogen and oxygen atoms in total. The Morgan fingerprint density at radius 1 is 1.33 bits per heavy atom. The van der Waals surface area contributed by atoms with Crippen LogP contribution in [0.25, 0.3) is 10.4 Å². The van der Waals surface area contributed by atoms with Crippen molar-refractivity contribution in [1.29, 1.82) is 0 Å². The van der Waals surface area contributed by atoms with Gasteiger partial charge in [-0.2, -0.15) is 0 Å². The molecule has 0 radical (unpaired) electrons. The van der Waals surface area contributed by atoms with Gasteiger partial charge in [0.05, 0.1) is 4.88 Å². The van der Waals surface area contributed by atoms with Crippen LogP contribution in [0.5, 0.6) is 0 Å². The van der Waals surface area contributed by atoms with Gasteiger partial charge < -0.3 is 16.2 Å². The van der Waals surface area contributed by atoms with Crippen LogP contribution in [0.1, 0.15) is 43.2 Å². The van der Waals surface area contributed by atoms with Gasteiger partial charge in [0, 0.05) is 24.3 Å². The van der Waals surface area contributed by atoms with Crippen LogP contribution in [-0.4, -0.2) is 30.8 Å². The lowest BCUT2D eigenvalue weighted by Crippen LogP contribution is -2.35. The van der Waals surface area contributed by atoms with E-state index in [0.29, 0.717) is 36.6 Å². The van der Waals surface area contributed by atoms with Crippen molar-refractivity contribution < 1.29 is 9.90 Å². The minimum Gasteiger partial charge on any atom is -0.383 e. The fourth-order valence-corrected chi connectivity index (χ4v) is 4.90. The molecule has 0 unspecified atom stereocenters. The van der Waals surface area contributed by atoms with Crippen LogP contribution in [0, 0.1) is 12.8 Å². The quantitative estimate of drug-likeness (QED) is 0.556. The summed E-state index contributed by atoms with van der Waals surface area (Å²) in [5, 5.41) is 19.4. The summed E-state index contributed by atoms with van der Waals surface area (Å²) in [6.45, 7) is 4.81. The molecule has 2 heterocycles. The number of carbonyl (C=O) groups excluding carboxylic acids is 1. The fourth-order valence-electron chi connectivity index (χ4n) is 3.85. The summed E-state index contributed by atoms with van der Waals surface area (Å²) in [6.07, 6.45) is 5.69. The van der Waals surface area contributed by atoms with E-state index in [9.17, 15) is 9.90 Å². The maximum Gasteiger partial charge on any atom is 0.246 e. The first-order valence-corrected chi connectivity index (χ1v) is 10.9. The molecule has 0 aliphatic heterocycles. The number of nitrogens with zero attached hydrogens (tertiary/aromatic N) is 4. The number of carbonyl (C=O) groups is 1. The molecular formula is C21H26N6O2S. The Morgan fingerprint density at radius 3 is 2.77 bits per heavy atom. The average Bonchev–Trinajstić information content (AvgIpc) is 3.38. The molecule has 1 saturated carbocycles. The molecule has 4 rings (SSSR count). The summed E-state index contributed by atoms with van der Waals surface area (Å²) in [6, 6.07) is 6.16. The van der Waals surface area contributed by atoms with Gasteiger partial charge in [-0.1, -0.05) is 6.07 Å². The Kier molecular flexibility index (Phi) is 5.57. The number of nitrogens with one attached hydrogen (secondary N) is 1. The number of aliphatic hydroxyl groups is 1. The van der Waals surface area contributed by atoms with Crippen molar-refractivity contribution in [1.82, 2.24) is 19.7 Å². The van der Waals surface area contributed by atoms with E-state index in [0.717, 1.165) is 28.2 Å². The molecule has 1 aliphatic carbocycles. The van der Waals surface area contributed by atoms with Gasteiger partial charge in [-0.25, -0.2) is 9.97 Å². The minimum atomic E-state index is -0.989. The number of hydrogen-bond donors (Lipinski definition) is 3. The van der Waals surface area contributed by atoms with Crippen molar-refractivity contribution in [2.24, 2.45) is 11.7 Å². The molecule has 0 atom stereocenters. The molecule has 0 saturated heterocycles. The topological polar surface area (TPSA) is 119 Å². The van der Waals surface area contributed by atoms with Crippen LogP contribution in [0.4, 0.5) is 11.6 Å². The molecule has 1 aliphatic rings. The van der Waals surface area contributed by atoms with Crippen molar-refractivity contribution in [2.45, 2.75) is 51.7 Å². The third-order valence-electron chi connectivity index (χ3n) is 5.60. The third-order valence-corrected chi connectivity index (χ3v) is 6.84. The van der Waals surface area contributed by atoms with E-state index in [1.54, 1.807) is 17.2 Å². The predicted octanol–water partition coefficient (Wildman–Crippen LogP) is 3.34. The van der Waals surface area contributed by atoms with Crippen molar-refractivity contribution in [2.75, 3.05) is 5.32 Å². The highest BCUT2D eigenvalue weighted by molar-refractivity contribution is 7.15. The Hall–Kier alpha value is -2.78. The molecule has 0 spiro atoms. The highest BCUT2D eigenvalue weighted by Crippen LogP contribution is 2.42. The predicted molar refractivity (Wildman–Crippen MR) is 116 cm³/mol. The standard InChI is InChI=1S/C21H26N6O2S/c1-3-27-12-24-20(26-27)25-16-9-13(2)8-15(10-16)17-11-23-19(30-17)21(29)6-4-14(5-7-21)18(22)28/h8-12,14,29H,3-7H2,1-2H3,(H2,22,28)(H,25,26)/t14-,21+. The second-order valence-electron chi connectivity index (χ2n) is 7.87. The van der Waals surface area contributed by atoms with Crippen LogP contribution in [-0.2, 0) is 16.9 Å². The first-order chi connectivity index (χ1) is 14.4. The summed E-state index contributed by atoms with van der Waals surface area (Å²) >= 11 is 1.49. The van der Waals surface area contributed by atoms with E-state index in [2.05, 4.69) is 26.4 Å². The zero-order valence-corrected chi connectivity index (χ0v) is 17.9. The Labute approximate surface area is 179 Å². The van der Waals surface area contributed by atoms with E-state index in [4.69, 9.17) is 5.73 Å². The molecule has 4 N–H and O–H groups in total. The Morgan fingerprint density at radius 2 is 2.10 bits per heavy atom. The third kappa shape index (κ3) is 4.22. The van der Waals surface area contributed by atoms with E-state index < -0.39 is 5.60 Å². The number of anilines is 2. The molecule has 0 bridgehead atoms. The highest BCUT2D eigenvalue weighted by Gasteiger charge is 2.38. The van der Waals surface area contributed by atoms with Gasteiger partial charge in [-0.15, -0.1) is 16.4 Å². The summed E-state index contributed by atoms with van der Waals surface area (Å²) in [5.74, 6) is 0.119. The number of primary amides is 1. The molecule has 9 heteroatoms. The van der Waals surface area contributed by atoms with Crippen LogP contribution in [0.15, 0.2) is 30.7 Å². The van der Waals surface area contributed by atoms with Gasteiger partial charge in [-0.05, 0) is 62.8 Å². The van der Waals surface area contributed by atoms with Crippen molar-refractivity contribution in [3.63, 3.8) is 0 Å². The lowest BCUT2D eigenvalue weighted by molar-refractivity contribution is -0.124. The number of aryl methyl sites for hydroxylation is 2. The van der Waals surface area contributed by atoms with Gasteiger partial charge >= 0.3 is 0 Å². The van der Waals surface area contributed by atoms with Crippen LogP contribution >= 0.6 is 11.3 Å². The van der Waals surface area contributed by atoms with Crippen molar-refractivity contribution >= 4 is 28.9 Å². The van der Waals surface area contributed by atoms with Gasteiger partial charge in [-0.3, -0.25) is 9.48 Å². The van der Waals surface area contributed by atoms with E-state index in [-0.39, 0.29) is 11.8 Å². The number of hydrogen-bond acceptors (Lipinski definition) is 7. The number of benzene rings is 1. The molecule has 158 valence electrons. The number of thiazole rings is 1. The molecule has 1 aromatic carbocycles. The monoisotopic (exact) mass is 426 g/mol. The summed E-state index contributed by atoms with van der Waals surface area (Å²) in [7, 11) is 0. The second-order valence-corrected chi connectivity index (χ2v) is 8.91. The summed E-state index contributed by atoms with van der Waals surface area (Å²) < 4.78 is 1.77. The first kappa shape index (κ1) is 20.5. The lowest BCUT2D eigenvalue weighted by atomic mass is 9.79. The molecule has 2 aromatic heterocycles. The second kappa shape index (κ2) is 8.16. The first-order valence-electron chi connectivity index (χ1n) is 10.1. The van der Waals surface area contributed by atoms with Crippen LogP contribution < -0.4 is 11.1 Å². The molecule has 30 heavy (non-hydrogen) atoms. The normalized spacial score (nSPS) is 21.5. The van der Waals surface area contributed by atoms with Gasteiger partial charge in [0.25, 0.3) is 0 Å². The largest absolute Gasteiger partial charge is 0.383 e. The maximum atomic E-state index is 11.4. The lowest BCUT2D eigenvalue weighted by Gasteiger charge is -2.33. The van der Waals surface area contributed by atoms with Crippen molar-refractivity contribution in [3.8, 4) is 10.4 Å². The minimum absolute atomic E-state index is 0.153. The number of rotatable bonds is 6. The number of aromatic nitrogens is 4. The van der Waals surface area contributed by atoms with E-state index in [1.165, 1.54) is 11.3 Å². The van der Waals surface area contributed by atoms with Crippen molar-refractivity contribution in [3.05, 3.63) is 41.3 Å². The van der Waals surface area contributed by atoms with Crippen LogP contribution in [0.2, 0.25) is 0 Å². The zero-order valence-electron chi connectivity index (χ0n) is 17.1. The van der Waals surface area contributed by atoms with Gasteiger partial charge in [0.15, 0.2) is 0 Å².